The van der Waals surface area contributed by atoms with Crippen molar-refractivity contribution in [2.75, 3.05) is 36.9 Å². The normalized spacial score (nSPS) is 15.3. The third-order valence-electron chi connectivity index (χ3n) is 5.34. The molecular formula is C26H26ClN5O3. The third kappa shape index (κ3) is 6.28. The first-order valence-corrected chi connectivity index (χ1v) is 11.7. The Balaban J connectivity index is 1.68. The van der Waals surface area contributed by atoms with E-state index in [0.717, 1.165) is 18.7 Å². The van der Waals surface area contributed by atoms with Crippen molar-refractivity contribution in [3.63, 3.8) is 0 Å². The second-order valence-electron chi connectivity index (χ2n) is 7.85. The summed E-state index contributed by atoms with van der Waals surface area (Å²) in [5.74, 6) is 3.37. The van der Waals surface area contributed by atoms with Gasteiger partial charge in [-0.25, -0.2) is 9.97 Å². The minimum atomic E-state index is -0.266. The molecule has 8 nitrogen and oxygen atoms in total. The van der Waals surface area contributed by atoms with Gasteiger partial charge in [-0.15, -0.1) is 6.42 Å². The molecule has 1 fully saturated rings. The number of rotatable bonds is 9. The summed E-state index contributed by atoms with van der Waals surface area (Å²) in [4.78, 5) is 21.4. The molecule has 0 saturated carbocycles. The molecule has 2 heterocycles. The average Bonchev–Trinajstić information content (AvgIpc) is 3.37. The zero-order valence-electron chi connectivity index (χ0n) is 19.3. The van der Waals surface area contributed by atoms with Crippen LogP contribution in [0.25, 0.3) is 10.9 Å². The number of carbonyl (C=O) groups is 1. The van der Waals surface area contributed by atoms with Gasteiger partial charge in [-0.3, -0.25) is 4.79 Å². The predicted molar refractivity (Wildman–Crippen MR) is 138 cm³/mol. The number of halogens is 1. The van der Waals surface area contributed by atoms with Gasteiger partial charge in [0.1, 0.15) is 24.0 Å². The summed E-state index contributed by atoms with van der Waals surface area (Å²) in [6.07, 6.45) is 11.0. The van der Waals surface area contributed by atoms with Gasteiger partial charge in [0.15, 0.2) is 0 Å². The Labute approximate surface area is 209 Å². The summed E-state index contributed by atoms with van der Waals surface area (Å²) < 4.78 is 11.6. The minimum absolute atomic E-state index is 0.0944. The largest absolute Gasteiger partial charge is 0.486 e. The zero-order chi connectivity index (χ0) is 24.6. The number of likely N-dealkylation sites (N-methyl/N-ethyl adjacent to an activating group) is 1. The number of hydrogen-bond acceptors (Lipinski definition) is 7. The van der Waals surface area contributed by atoms with Crippen LogP contribution in [0.5, 0.6) is 5.75 Å². The fourth-order valence-corrected chi connectivity index (χ4v) is 3.75. The van der Waals surface area contributed by atoms with E-state index in [1.54, 1.807) is 30.3 Å². The highest BCUT2D eigenvalue weighted by molar-refractivity contribution is 6.31. The molecule has 1 atom stereocenters. The predicted octanol–water partition coefficient (Wildman–Crippen LogP) is 4.28. The molecule has 180 valence electrons. The smallest absolute Gasteiger partial charge is 0.248 e. The minimum Gasteiger partial charge on any atom is -0.486 e. The quantitative estimate of drug-likeness (QED) is 0.233. The highest BCUT2D eigenvalue weighted by Crippen LogP contribution is 2.35. The summed E-state index contributed by atoms with van der Waals surface area (Å²) in [5.41, 5.74) is 2.47. The van der Waals surface area contributed by atoms with Crippen molar-refractivity contribution >= 4 is 45.6 Å². The van der Waals surface area contributed by atoms with Crippen molar-refractivity contribution in [1.82, 2.24) is 15.3 Å². The van der Waals surface area contributed by atoms with Crippen LogP contribution in [-0.4, -0.2) is 48.3 Å². The Hall–Kier alpha value is -3.64. The summed E-state index contributed by atoms with van der Waals surface area (Å²) in [6, 6.07) is 8.91. The number of nitrogens with zero attached hydrogens (tertiary/aromatic N) is 2. The summed E-state index contributed by atoms with van der Waals surface area (Å²) in [5, 5.41) is 10.5. The van der Waals surface area contributed by atoms with Crippen LogP contribution < -0.4 is 20.7 Å². The van der Waals surface area contributed by atoms with Gasteiger partial charge in [0, 0.05) is 41.7 Å². The molecule has 1 aliphatic rings. The number of fused-ring (bicyclic) bond motifs is 1. The Bertz CT molecular complexity index is 1280. The first kappa shape index (κ1) is 24.5. The van der Waals surface area contributed by atoms with Crippen LogP contribution in [0.1, 0.15) is 18.9 Å². The molecule has 1 unspecified atom stereocenters. The van der Waals surface area contributed by atoms with Gasteiger partial charge in [-0.05, 0) is 30.8 Å². The summed E-state index contributed by atoms with van der Waals surface area (Å²) in [7, 11) is 0. The number of aromatic nitrogens is 2. The lowest BCUT2D eigenvalue weighted by molar-refractivity contribution is -0.111. The molecule has 1 aliphatic heterocycles. The molecule has 1 amide bonds. The molecule has 0 spiro atoms. The Morgan fingerprint density at radius 1 is 1.34 bits per heavy atom. The molecule has 3 aromatic rings. The molecule has 3 N–H and O–H groups in total. The number of ether oxygens (including phenoxy) is 2. The van der Waals surface area contributed by atoms with Crippen LogP contribution in [0.2, 0.25) is 5.02 Å². The van der Waals surface area contributed by atoms with Crippen molar-refractivity contribution in [3.05, 3.63) is 59.4 Å². The number of benzene rings is 2. The number of amides is 1. The fourth-order valence-electron chi connectivity index (χ4n) is 3.58. The molecule has 0 bridgehead atoms. The third-order valence-corrected chi connectivity index (χ3v) is 5.67. The molecule has 4 rings (SSSR count). The Kier molecular flexibility index (Phi) is 8.16. The molecule has 0 aliphatic carbocycles. The monoisotopic (exact) mass is 491 g/mol. The maximum atomic E-state index is 12.6. The first-order valence-electron chi connectivity index (χ1n) is 11.3. The van der Waals surface area contributed by atoms with E-state index in [9.17, 15) is 4.79 Å². The SMILES string of the molecule is C#Cc1cc(Nc2ncnc3cc(OC4CCOC4)c(NC(=O)/C=C/CNCC)cc23)ccc1Cl. The van der Waals surface area contributed by atoms with E-state index in [2.05, 4.69) is 31.8 Å². The van der Waals surface area contributed by atoms with Crippen molar-refractivity contribution in [2.24, 2.45) is 0 Å². The highest BCUT2D eigenvalue weighted by atomic mass is 35.5. The number of hydrogen-bond donors (Lipinski definition) is 3. The number of carbonyl (C=O) groups excluding carboxylic acids is 1. The summed E-state index contributed by atoms with van der Waals surface area (Å²) >= 11 is 6.14. The summed E-state index contributed by atoms with van der Waals surface area (Å²) in [6.45, 7) is 4.57. The van der Waals surface area contributed by atoms with Gasteiger partial charge >= 0.3 is 0 Å². The van der Waals surface area contributed by atoms with E-state index >= 15 is 0 Å². The van der Waals surface area contributed by atoms with Gasteiger partial charge in [-0.2, -0.15) is 0 Å². The molecule has 9 heteroatoms. The Morgan fingerprint density at radius 3 is 3.00 bits per heavy atom. The number of nitrogens with one attached hydrogen (secondary N) is 3. The molecule has 1 aromatic heterocycles. The maximum Gasteiger partial charge on any atom is 0.248 e. The van der Waals surface area contributed by atoms with E-state index in [0.29, 0.717) is 58.5 Å². The molecule has 0 radical (unpaired) electrons. The average molecular weight is 492 g/mol. The molecule has 1 saturated heterocycles. The highest BCUT2D eigenvalue weighted by Gasteiger charge is 2.20. The van der Waals surface area contributed by atoms with E-state index in [-0.39, 0.29) is 12.0 Å². The Morgan fingerprint density at radius 2 is 2.23 bits per heavy atom. The molecular weight excluding hydrogens is 466 g/mol. The zero-order valence-corrected chi connectivity index (χ0v) is 20.1. The maximum absolute atomic E-state index is 12.6. The van der Waals surface area contributed by atoms with Gasteiger partial charge < -0.3 is 25.4 Å². The lowest BCUT2D eigenvalue weighted by Crippen LogP contribution is -2.18. The lowest BCUT2D eigenvalue weighted by atomic mass is 10.1. The number of anilines is 3. The molecule has 35 heavy (non-hydrogen) atoms. The van der Waals surface area contributed by atoms with Gasteiger partial charge in [0.25, 0.3) is 0 Å². The van der Waals surface area contributed by atoms with Crippen molar-refractivity contribution in [2.45, 2.75) is 19.4 Å². The van der Waals surface area contributed by atoms with Gasteiger partial charge in [-0.1, -0.05) is 30.5 Å². The van der Waals surface area contributed by atoms with Crippen LogP contribution in [0, 0.1) is 12.3 Å². The van der Waals surface area contributed by atoms with Crippen molar-refractivity contribution in [1.29, 1.82) is 0 Å². The van der Waals surface area contributed by atoms with E-state index in [1.807, 2.05) is 13.0 Å². The van der Waals surface area contributed by atoms with Crippen LogP contribution >= 0.6 is 11.6 Å². The second-order valence-corrected chi connectivity index (χ2v) is 8.26. The van der Waals surface area contributed by atoms with Crippen molar-refractivity contribution in [3.8, 4) is 18.1 Å². The van der Waals surface area contributed by atoms with E-state index in [1.165, 1.54) is 12.4 Å². The topological polar surface area (TPSA) is 97.4 Å². The number of terminal acetylenes is 1. The van der Waals surface area contributed by atoms with Gasteiger partial charge in [0.05, 0.1) is 29.4 Å². The van der Waals surface area contributed by atoms with Crippen LogP contribution in [-0.2, 0) is 9.53 Å². The lowest BCUT2D eigenvalue weighted by Gasteiger charge is -2.17. The first-order chi connectivity index (χ1) is 17.1. The van der Waals surface area contributed by atoms with Crippen LogP contribution in [0.3, 0.4) is 0 Å². The van der Waals surface area contributed by atoms with E-state index < -0.39 is 0 Å². The fraction of sp³-hybridized carbons (Fsp3) is 0.269. The van der Waals surface area contributed by atoms with E-state index in [4.69, 9.17) is 27.5 Å². The standard InChI is InChI=1S/C26H26ClN5O3/c1-3-17-12-18(7-8-21(17)27)31-26-20-13-23(32-25(33)6-5-10-28-4-2)24(14-22(20)29-16-30-26)35-19-9-11-34-15-19/h1,5-8,12-14,16,19,28H,4,9-11,15H2,2H3,(H,32,33)(H,29,30,31)/b6-5+. The second kappa shape index (κ2) is 11.7. The van der Waals surface area contributed by atoms with Crippen LogP contribution in [0.4, 0.5) is 17.2 Å². The molecule has 2 aromatic carbocycles. The van der Waals surface area contributed by atoms with Gasteiger partial charge in [0.2, 0.25) is 5.91 Å². The van der Waals surface area contributed by atoms with Crippen molar-refractivity contribution < 1.29 is 14.3 Å². The van der Waals surface area contributed by atoms with Crippen LogP contribution in [0.15, 0.2) is 48.8 Å².